The molecule has 1 amide bonds. The minimum Gasteiger partial charge on any atom is -0.353 e. The molecule has 4 heteroatoms. The molecule has 2 atom stereocenters. The molecule has 0 aromatic rings. The fourth-order valence-corrected chi connectivity index (χ4v) is 2.80. The van der Waals surface area contributed by atoms with Gasteiger partial charge in [0, 0.05) is 12.6 Å². The highest BCUT2D eigenvalue weighted by atomic mass is 35.5. The van der Waals surface area contributed by atoms with Gasteiger partial charge in [-0.2, -0.15) is 0 Å². The van der Waals surface area contributed by atoms with Gasteiger partial charge >= 0.3 is 0 Å². The minimum atomic E-state index is 0. The Bertz CT molecular complexity index is 223. The number of hydrogen-bond acceptors (Lipinski definition) is 2. The molecule has 0 aromatic carbocycles. The number of hydrogen-bond donors (Lipinski definition) is 2. The van der Waals surface area contributed by atoms with Crippen molar-refractivity contribution in [2.75, 3.05) is 13.1 Å². The van der Waals surface area contributed by atoms with Crippen molar-refractivity contribution < 1.29 is 4.79 Å². The van der Waals surface area contributed by atoms with Crippen molar-refractivity contribution in [1.82, 2.24) is 10.6 Å². The van der Waals surface area contributed by atoms with Gasteiger partial charge in [0.25, 0.3) is 0 Å². The van der Waals surface area contributed by atoms with E-state index in [1.54, 1.807) is 0 Å². The Kier molecular flexibility index (Phi) is 5.56. The molecule has 1 aliphatic heterocycles. The maximum Gasteiger partial charge on any atom is 0.224 e. The van der Waals surface area contributed by atoms with Crippen molar-refractivity contribution in [2.45, 2.75) is 45.1 Å². The zero-order valence-corrected chi connectivity index (χ0v) is 10.8. The summed E-state index contributed by atoms with van der Waals surface area (Å²) in [5.74, 6) is 1.21. The quantitative estimate of drug-likeness (QED) is 0.796. The number of nitrogens with one attached hydrogen (secondary N) is 2. The van der Waals surface area contributed by atoms with Gasteiger partial charge in [-0.3, -0.25) is 4.79 Å². The molecule has 1 aliphatic carbocycles. The number of carbonyl (C=O) groups is 1. The molecule has 2 N–H and O–H groups in total. The van der Waals surface area contributed by atoms with Gasteiger partial charge < -0.3 is 10.6 Å². The van der Waals surface area contributed by atoms with Gasteiger partial charge in [0.2, 0.25) is 5.91 Å². The highest BCUT2D eigenvalue weighted by molar-refractivity contribution is 5.85. The Morgan fingerprint density at radius 2 is 2.00 bits per heavy atom. The van der Waals surface area contributed by atoms with Crippen molar-refractivity contribution in [2.24, 2.45) is 11.8 Å². The van der Waals surface area contributed by atoms with Crippen LogP contribution in [0.4, 0.5) is 0 Å². The molecule has 1 heterocycles. The first-order valence-electron chi connectivity index (χ1n) is 6.28. The van der Waals surface area contributed by atoms with E-state index in [0.29, 0.717) is 6.04 Å². The zero-order valence-electron chi connectivity index (χ0n) is 10.00. The maximum absolute atomic E-state index is 11.9. The lowest BCUT2D eigenvalue weighted by Gasteiger charge is -2.22. The van der Waals surface area contributed by atoms with E-state index in [1.165, 1.54) is 25.7 Å². The van der Waals surface area contributed by atoms with Crippen molar-refractivity contribution in [3.63, 3.8) is 0 Å². The topological polar surface area (TPSA) is 41.1 Å². The first kappa shape index (κ1) is 13.8. The summed E-state index contributed by atoms with van der Waals surface area (Å²) in [6.07, 6.45) is 6.28. The highest BCUT2D eigenvalue weighted by Crippen LogP contribution is 2.27. The van der Waals surface area contributed by atoms with Gasteiger partial charge in [0.05, 0.1) is 5.92 Å². The molecule has 2 rings (SSSR count). The zero-order chi connectivity index (χ0) is 10.7. The first-order valence-corrected chi connectivity index (χ1v) is 6.28. The molecule has 1 unspecified atom stereocenters. The summed E-state index contributed by atoms with van der Waals surface area (Å²) in [6, 6.07) is 0.376. The summed E-state index contributed by atoms with van der Waals surface area (Å²) < 4.78 is 0. The second kappa shape index (κ2) is 6.45. The van der Waals surface area contributed by atoms with Crippen LogP contribution in [0.1, 0.15) is 39.0 Å². The predicted octanol–water partition coefficient (Wildman–Crippen LogP) is 1.71. The van der Waals surface area contributed by atoms with Gasteiger partial charge in [0.1, 0.15) is 0 Å². The van der Waals surface area contributed by atoms with E-state index in [4.69, 9.17) is 0 Å². The van der Waals surface area contributed by atoms with Crippen LogP contribution in [0.5, 0.6) is 0 Å². The number of amides is 1. The Labute approximate surface area is 104 Å². The van der Waals surface area contributed by atoms with Crippen LogP contribution in [-0.4, -0.2) is 25.0 Å². The van der Waals surface area contributed by atoms with E-state index in [2.05, 4.69) is 17.6 Å². The SMILES string of the molecule is CC(NC(=O)[C@@H]1CCNC1)C1CCCC1.Cl. The third-order valence-corrected chi connectivity index (χ3v) is 3.91. The summed E-state index contributed by atoms with van der Waals surface area (Å²) in [6.45, 7) is 4.02. The molecule has 0 bridgehead atoms. The lowest BCUT2D eigenvalue weighted by atomic mass is 9.98. The van der Waals surface area contributed by atoms with Gasteiger partial charge in [-0.1, -0.05) is 12.8 Å². The van der Waals surface area contributed by atoms with Crippen molar-refractivity contribution in [3.05, 3.63) is 0 Å². The molecule has 16 heavy (non-hydrogen) atoms. The second-order valence-corrected chi connectivity index (χ2v) is 5.03. The fraction of sp³-hybridized carbons (Fsp3) is 0.917. The van der Waals surface area contributed by atoms with Crippen LogP contribution in [-0.2, 0) is 4.79 Å². The summed E-state index contributed by atoms with van der Waals surface area (Å²) in [5, 5.41) is 6.42. The van der Waals surface area contributed by atoms with Crippen LogP contribution in [0, 0.1) is 11.8 Å². The molecule has 2 fully saturated rings. The number of carbonyl (C=O) groups excluding carboxylic acids is 1. The lowest BCUT2D eigenvalue weighted by molar-refractivity contribution is -0.125. The monoisotopic (exact) mass is 246 g/mol. The van der Waals surface area contributed by atoms with E-state index in [-0.39, 0.29) is 24.2 Å². The number of rotatable bonds is 3. The Morgan fingerprint density at radius 3 is 2.56 bits per heavy atom. The molecule has 94 valence electrons. The minimum absolute atomic E-state index is 0. The van der Waals surface area contributed by atoms with Gasteiger partial charge in [0.15, 0.2) is 0 Å². The van der Waals surface area contributed by atoms with Crippen molar-refractivity contribution in [3.8, 4) is 0 Å². The number of halogens is 1. The Hall–Kier alpha value is -0.280. The van der Waals surface area contributed by atoms with Gasteiger partial charge in [-0.15, -0.1) is 12.4 Å². The third-order valence-electron chi connectivity index (χ3n) is 3.91. The summed E-state index contributed by atoms with van der Waals surface area (Å²) in [4.78, 5) is 11.9. The van der Waals surface area contributed by atoms with E-state index in [0.717, 1.165) is 25.4 Å². The first-order chi connectivity index (χ1) is 7.27. The molecule has 1 saturated heterocycles. The molecular formula is C12H23ClN2O. The smallest absolute Gasteiger partial charge is 0.224 e. The standard InChI is InChI=1S/C12H22N2O.ClH/c1-9(10-4-2-3-5-10)14-12(15)11-6-7-13-8-11;/h9-11,13H,2-8H2,1H3,(H,14,15);1H/t9?,11-;/m1./s1. The average Bonchev–Trinajstić information content (AvgIpc) is 2.91. The van der Waals surface area contributed by atoms with Crippen molar-refractivity contribution >= 4 is 18.3 Å². The second-order valence-electron chi connectivity index (χ2n) is 5.03. The summed E-state index contributed by atoms with van der Waals surface area (Å²) >= 11 is 0. The van der Waals surface area contributed by atoms with Crippen LogP contribution in [0.15, 0.2) is 0 Å². The van der Waals surface area contributed by atoms with Crippen LogP contribution < -0.4 is 10.6 Å². The third kappa shape index (κ3) is 3.36. The lowest BCUT2D eigenvalue weighted by Crippen LogP contribution is -2.41. The molecule has 0 aromatic heterocycles. The molecule has 0 spiro atoms. The highest BCUT2D eigenvalue weighted by Gasteiger charge is 2.27. The maximum atomic E-state index is 11.9. The van der Waals surface area contributed by atoms with E-state index in [9.17, 15) is 4.79 Å². The molecule has 2 aliphatic rings. The average molecular weight is 247 g/mol. The van der Waals surface area contributed by atoms with Gasteiger partial charge in [-0.25, -0.2) is 0 Å². The van der Waals surface area contributed by atoms with E-state index in [1.807, 2.05) is 0 Å². The van der Waals surface area contributed by atoms with E-state index < -0.39 is 0 Å². The molecular weight excluding hydrogens is 224 g/mol. The summed E-state index contributed by atoms with van der Waals surface area (Å²) in [7, 11) is 0. The molecule has 3 nitrogen and oxygen atoms in total. The van der Waals surface area contributed by atoms with Crippen LogP contribution in [0.3, 0.4) is 0 Å². The normalized spacial score (nSPS) is 27.4. The predicted molar refractivity (Wildman–Crippen MR) is 67.8 cm³/mol. The van der Waals surface area contributed by atoms with Gasteiger partial charge in [-0.05, 0) is 38.6 Å². The van der Waals surface area contributed by atoms with E-state index >= 15 is 0 Å². The van der Waals surface area contributed by atoms with Crippen molar-refractivity contribution in [1.29, 1.82) is 0 Å². The van der Waals surface area contributed by atoms with Crippen LogP contribution in [0.25, 0.3) is 0 Å². The Morgan fingerprint density at radius 1 is 1.31 bits per heavy atom. The summed E-state index contributed by atoms with van der Waals surface area (Å²) in [5.41, 5.74) is 0. The molecule has 0 radical (unpaired) electrons. The largest absolute Gasteiger partial charge is 0.353 e. The fourth-order valence-electron chi connectivity index (χ4n) is 2.80. The van der Waals surface area contributed by atoms with Crippen LogP contribution in [0.2, 0.25) is 0 Å². The van der Waals surface area contributed by atoms with Crippen LogP contribution >= 0.6 is 12.4 Å². The Balaban J connectivity index is 0.00000128. The molecule has 1 saturated carbocycles.